The molecule has 0 saturated carbocycles. The maximum absolute atomic E-state index is 2.00. The summed E-state index contributed by atoms with van der Waals surface area (Å²) in [4.78, 5) is 2.00. The van der Waals surface area contributed by atoms with Gasteiger partial charge in [-0.3, -0.25) is 0 Å². The molecule has 5 heavy (non-hydrogen) atoms. The summed E-state index contributed by atoms with van der Waals surface area (Å²) in [6.07, 6.45) is 0. The molecule has 0 fully saturated rings. The maximum Gasteiger partial charge on any atom is 0 e. The third-order valence-corrected chi connectivity index (χ3v) is 0. The fourth-order valence-electron chi connectivity index (χ4n) is 0. The Morgan fingerprint density at radius 2 is 1.00 bits per heavy atom. The van der Waals surface area contributed by atoms with E-state index in [-0.39, 0.29) is 21.1 Å². The topological polar surface area (TPSA) is 3.24 Å². The van der Waals surface area contributed by atoms with Gasteiger partial charge in [-0.1, -0.05) is 0 Å². The molecule has 1 nitrogen and oxygen atoms in total. The Hall–Kier alpha value is 0.648. The molecule has 36 valence electrons. The Morgan fingerprint density at radius 3 is 1.00 bits per heavy atom. The smallest absolute Gasteiger partial charge is 0 e. The summed E-state index contributed by atoms with van der Waals surface area (Å²) < 4.78 is 0. The maximum atomic E-state index is 2.00. The fraction of sp³-hybridized carbons (Fsp3) is 1.00. The molecule has 0 spiro atoms. The van der Waals surface area contributed by atoms with Gasteiger partial charge in [0.25, 0.3) is 0 Å². The average Bonchev–Trinajstić information content (AvgIpc) is 0.811. The van der Waals surface area contributed by atoms with Crippen molar-refractivity contribution in [1.82, 2.24) is 4.90 Å². The minimum absolute atomic E-state index is 0. The van der Waals surface area contributed by atoms with E-state index in [4.69, 9.17) is 0 Å². The summed E-state index contributed by atoms with van der Waals surface area (Å²) in [5, 5.41) is 0. The van der Waals surface area contributed by atoms with E-state index in [0.717, 1.165) is 0 Å². The molecule has 0 saturated heterocycles. The molecule has 0 aromatic rings. The molecule has 0 atom stereocenters. The monoisotopic (exact) mass is 254 g/mol. The van der Waals surface area contributed by atoms with Crippen LogP contribution in [0.3, 0.4) is 0 Å². The second kappa shape index (κ2) is 4.65. The molecule has 0 heterocycles. The van der Waals surface area contributed by atoms with Crippen LogP contribution in [0.1, 0.15) is 0 Å². The molecule has 0 aromatic heterocycles. The third kappa shape index (κ3) is 77.6. The molecule has 0 rings (SSSR count). The van der Waals surface area contributed by atoms with Crippen molar-refractivity contribution in [2.24, 2.45) is 0 Å². The van der Waals surface area contributed by atoms with E-state index in [2.05, 4.69) is 0 Å². The summed E-state index contributed by atoms with van der Waals surface area (Å²) in [7, 11) is 6.00. The van der Waals surface area contributed by atoms with Crippen molar-refractivity contribution in [2.75, 3.05) is 21.1 Å². The van der Waals surface area contributed by atoms with Gasteiger partial charge in [0.05, 0.1) is 0 Å². The SMILES string of the molecule is CN(C)C.[Pt]. The first-order chi connectivity index (χ1) is 1.73. The number of rotatable bonds is 0. The Morgan fingerprint density at radius 1 is 1.00 bits per heavy atom. The molecule has 0 aromatic carbocycles. The van der Waals surface area contributed by atoms with Gasteiger partial charge in [-0.05, 0) is 21.1 Å². The second-order valence-corrected chi connectivity index (χ2v) is 1.34. The Labute approximate surface area is 47.6 Å². The van der Waals surface area contributed by atoms with Gasteiger partial charge in [-0.2, -0.15) is 0 Å². The van der Waals surface area contributed by atoms with Crippen molar-refractivity contribution in [2.45, 2.75) is 0 Å². The first-order valence-corrected chi connectivity index (χ1v) is 1.34. The van der Waals surface area contributed by atoms with E-state index in [0.29, 0.717) is 0 Å². The Balaban J connectivity index is 0. The van der Waals surface area contributed by atoms with E-state index in [9.17, 15) is 0 Å². The molecular formula is C3H9NPt. The van der Waals surface area contributed by atoms with Crippen LogP contribution in [0.5, 0.6) is 0 Å². The van der Waals surface area contributed by atoms with Crippen molar-refractivity contribution >= 4 is 0 Å². The van der Waals surface area contributed by atoms with Gasteiger partial charge in [-0.15, -0.1) is 0 Å². The summed E-state index contributed by atoms with van der Waals surface area (Å²) >= 11 is 0. The zero-order valence-corrected chi connectivity index (χ0v) is 6.04. The fourth-order valence-corrected chi connectivity index (χ4v) is 0. The first-order valence-electron chi connectivity index (χ1n) is 1.34. The van der Waals surface area contributed by atoms with Crippen molar-refractivity contribution < 1.29 is 21.1 Å². The first kappa shape index (κ1) is 9.17. The standard InChI is InChI=1S/C3H9N.Pt/c1-4(2)3;/h1-3H3;. The van der Waals surface area contributed by atoms with E-state index < -0.39 is 0 Å². The van der Waals surface area contributed by atoms with Crippen LogP contribution < -0.4 is 0 Å². The molecule has 0 radical (unpaired) electrons. The summed E-state index contributed by atoms with van der Waals surface area (Å²) in [6, 6.07) is 0. The molecule has 0 aliphatic rings. The van der Waals surface area contributed by atoms with Gasteiger partial charge in [-0.25, -0.2) is 0 Å². The minimum atomic E-state index is 0. The molecule has 0 amide bonds. The van der Waals surface area contributed by atoms with Gasteiger partial charge in [0.15, 0.2) is 0 Å². The Bertz CT molecular complexity index is 11.6. The summed E-state index contributed by atoms with van der Waals surface area (Å²) in [5.41, 5.74) is 0. The second-order valence-electron chi connectivity index (χ2n) is 1.34. The van der Waals surface area contributed by atoms with Crippen LogP contribution in [-0.4, -0.2) is 26.0 Å². The van der Waals surface area contributed by atoms with Crippen molar-refractivity contribution in [3.05, 3.63) is 0 Å². The largest absolute Gasteiger partial charge is 0.312 e. The molecule has 2 heteroatoms. The van der Waals surface area contributed by atoms with E-state index in [1.807, 2.05) is 26.0 Å². The molecule has 0 aliphatic carbocycles. The quantitative estimate of drug-likeness (QED) is 0.596. The predicted molar refractivity (Wildman–Crippen MR) is 19.6 cm³/mol. The van der Waals surface area contributed by atoms with E-state index in [1.54, 1.807) is 0 Å². The van der Waals surface area contributed by atoms with Crippen LogP contribution in [-0.2, 0) is 21.1 Å². The molecule has 0 aliphatic heterocycles. The predicted octanol–water partition coefficient (Wildman–Crippen LogP) is 0.175. The van der Waals surface area contributed by atoms with Crippen LogP contribution in [0.15, 0.2) is 0 Å². The van der Waals surface area contributed by atoms with Crippen LogP contribution in [0.25, 0.3) is 0 Å². The Kier molecular flexibility index (Phi) is 8.52. The average molecular weight is 254 g/mol. The van der Waals surface area contributed by atoms with Crippen LogP contribution in [0.2, 0.25) is 0 Å². The van der Waals surface area contributed by atoms with Gasteiger partial charge in [0.1, 0.15) is 0 Å². The number of hydrogen-bond donors (Lipinski definition) is 0. The van der Waals surface area contributed by atoms with Gasteiger partial charge < -0.3 is 4.90 Å². The zero-order chi connectivity index (χ0) is 3.58. The summed E-state index contributed by atoms with van der Waals surface area (Å²) in [5.74, 6) is 0. The normalized spacial score (nSPS) is 7.20. The van der Waals surface area contributed by atoms with Crippen molar-refractivity contribution in [3.8, 4) is 0 Å². The van der Waals surface area contributed by atoms with Gasteiger partial charge in [0, 0.05) is 21.1 Å². The molecular weight excluding hydrogens is 245 g/mol. The van der Waals surface area contributed by atoms with E-state index in [1.165, 1.54) is 0 Å². The van der Waals surface area contributed by atoms with Crippen molar-refractivity contribution in [3.63, 3.8) is 0 Å². The number of nitrogens with zero attached hydrogens (tertiary/aromatic N) is 1. The summed E-state index contributed by atoms with van der Waals surface area (Å²) in [6.45, 7) is 0. The van der Waals surface area contributed by atoms with Crippen molar-refractivity contribution in [1.29, 1.82) is 0 Å². The van der Waals surface area contributed by atoms with E-state index >= 15 is 0 Å². The molecule has 0 unspecified atom stereocenters. The third-order valence-electron chi connectivity index (χ3n) is 0. The van der Waals surface area contributed by atoms with Crippen LogP contribution in [0.4, 0.5) is 0 Å². The number of hydrogen-bond acceptors (Lipinski definition) is 1. The van der Waals surface area contributed by atoms with Crippen LogP contribution >= 0.6 is 0 Å². The zero-order valence-electron chi connectivity index (χ0n) is 3.76. The minimum Gasteiger partial charge on any atom is -0.312 e. The van der Waals surface area contributed by atoms with Crippen LogP contribution in [0, 0.1) is 0 Å². The molecule has 0 bridgehead atoms. The van der Waals surface area contributed by atoms with Gasteiger partial charge in [0.2, 0.25) is 0 Å². The molecule has 0 N–H and O–H groups in total. The van der Waals surface area contributed by atoms with Gasteiger partial charge >= 0.3 is 0 Å².